The molecule has 1 aromatic carbocycles. The summed E-state index contributed by atoms with van der Waals surface area (Å²) < 4.78 is 0. The number of rotatable bonds is 8. The molecule has 23 heavy (non-hydrogen) atoms. The second-order valence-electron chi connectivity index (χ2n) is 6.28. The summed E-state index contributed by atoms with van der Waals surface area (Å²) in [6.07, 6.45) is 3.44. The molecule has 0 spiro atoms. The first-order valence-electron chi connectivity index (χ1n) is 8.48. The Balaban J connectivity index is 1.80. The molecule has 1 aliphatic rings. The fourth-order valence-electron chi connectivity index (χ4n) is 2.82. The maximum Gasteiger partial charge on any atom is 0.251 e. The van der Waals surface area contributed by atoms with Crippen molar-refractivity contribution in [2.45, 2.75) is 58.2 Å². The van der Waals surface area contributed by atoms with E-state index < -0.39 is 0 Å². The van der Waals surface area contributed by atoms with E-state index >= 15 is 0 Å². The topological polar surface area (TPSA) is 70.2 Å². The molecule has 5 heteroatoms. The smallest absolute Gasteiger partial charge is 0.251 e. The average Bonchev–Trinajstić information content (AvgIpc) is 2.95. The van der Waals surface area contributed by atoms with Gasteiger partial charge in [0.15, 0.2) is 0 Å². The predicted molar refractivity (Wildman–Crippen MR) is 91.1 cm³/mol. The number of amides is 2. The van der Waals surface area contributed by atoms with E-state index in [0.29, 0.717) is 24.6 Å². The summed E-state index contributed by atoms with van der Waals surface area (Å²) in [5.41, 5.74) is 1.80. The van der Waals surface area contributed by atoms with Crippen LogP contribution in [-0.2, 0) is 11.3 Å². The Morgan fingerprint density at radius 3 is 2.96 bits per heavy atom. The van der Waals surface area contributed by atoms with Gasteiger partial charge in [0.25, 0.3) is 5.91 Å². The quantitative estimate of drug-likeness (QED) is 0.686. The van der Waals surface area contributed by atoms with Crippen LogP contribution in [0.1, 0.15) is 55.5 Å². The van der Waals surface area contributed by atoms with E-state index in [1.165, 1.54) is 0 Å². The number of hydrogen-bond donors (Lipinski definition) is 3. The third-order valence-corrected chi connectivity index (χ3v) is 4.10. The van der Waals surface area contributed by atoms with E-state index in [0.717, 1.165) is 31.4 Å². The van der Waals surface area contributed by atoms with Crippen LogP contribution in [0, 0.1) is 0 Å². The summed E-state index contributed by atoms with van der Waals surface area (Å²) in [5.74, 6) is 0.142. The highest BCUT2D eigenvalue weighted by Gasteiger charge is 2.22. The van der Waals surface area contributed by atoms with Crippen LogP contribution in [0.5, 0.6) is 0 Å². The van der Waals surface area contributed by atoms with Crippen LogP contribution in [0.2, 0.25) is 0 Å². The number of carbonyl (C=O) groups is 2. The zero-order valence-electron chi connectivity index (χ0n) is 14.0. The van der Waals surface area contributed by atoms with Gasteiger partial charge < -0.3 is 16.0 Å². The van der Waals surface area contributed by atoms with E-state index in [9.17, 15) is 9.59 Å². The summed E-state index contributed by atoms with van der Waals surface area (Å²) in [4.78, 5) is 23.2. The number of hydrogen-bond acceptors (Lipinski definition) is 3. The molecule has 5 nitrogen and oxygen atoms in total. The lowest BCUT2D eigenvalue weighted by Gasteiger charge is -2.18. The third-order valence-electron chi connectivity index (χ3n) is 4.10. The van der Waals surface area contributed by atoms with Crippen LogP contribution in [0.15, 0.2) is 24.3 Å². The molecule has 1 fully saturated rings. The van der Waals surface area contributed by atoms with Gasteiger partial charge in [0.05, 0.1) is 0 Å². The number of nitrogens with one attached hydrogen (secondary N) is 3. The van der Waals surface area contributed by atoms with Gasteiger partial charge in [-0.05, 0) is 43.9 Å². The highest BCUT2D eigenvalue weighted by atomic mass is 16.2. The highest BCUT2D eigenvalue weighted by Crippen LogP contribution is 2.12. The molecular weight excluding hydrogens is 290 g/mol. The first-order chi connectivity index (χ1) is 11.1. The molecule has 0 bridgehead atoms. The lowest BCUT2D eigenvalue weighted by molar-refractivity contribution is -0.119. The summed E-state index contributed by atoms with van der Waals surface area (Å²) >= 11 is 0. The Hall–Kier alpha value is -1.88. The molecule has 1 saturated heterocycles. The maximum absolute atomic E-state index is 12.0. The minimum Gasteiger partial charge on any atom is -0.353 e. The van der Waals surface area contributed by atoms with E-state index in [-0.39, 0.29) is 17.9 Å². The first-order valence-corrected chi connectivity index (χ1v) is 8.48. The molecule has 2 unspecified atom stereocenters. The average molecular weight is 317 g/mol. The minimum atomic E-state index is -0.0181. The molecule has 2 rings (SSSR count). The molecule has 2 amide bonds. The fraction of sp³-hybridized carbons (Fsp3) is 0.556. The van der Waals surface area contributed by atoms with Gasteiger partial charge in [-0.3, -0.25) is 9.59 Å². The van der Waals surface area contributed by atoms with Crippen LogP contribution < -0.4 is 16.0 Å². The molecule has 0 saturated carbocycles. The van der Waals surface area contributed by atoms with Crippen LogP contribution in [0.4, 0.5) is 0 Å². The highest BCUT2D eigenvalue weighted by molar-refractivity contribution is 5.94. The van der Waals surface area contributed by atoms with Crippen molar-refractivity contribution in [2.24, 2.45) is 0 Å². The van der Waals surface area contributed by atoms with Crippen LogP contribution in [-0.4, -0.2) is 30.4 Å². The van der Waals surface area contributed by atoms with Crippen LogP contribution >= 0.6 is 0 Å². The molecule has 2 atom stereocenters. The van der Waals surface area contributed by atoms with Crippen molar-refractivity contribution in [1.29, 1.82) is 0 Å². The monoisotopic (exact) mass is 317 g/mol. The van der Waals surface area contributed by atoms with Crippen molar-refractivity contribution in [3.8, 4) is 0 Å². The molecule has 3 N–H and O–H groups in total. The fourth-order valence-corrected chi connectivity index (χ4v) is 2.82. The minimum absolute atomic E-state index is 0.0181. The molecule has 0 radical (unpaired) electrons. The molecule has 1 aliphatic heterocycles. The third kappa shape index (κ3) is 5.67. The standard InChI is InChI=1S/C18H27N3O2/c1-3-9-19-18(23)15-6-4-5-14(11-15)12-20-13(2)10-16-7-8-17(22)21-16/h4-6,11,13,16,20H,3,7-10,12H2,1-2H3,(H,19,23)(H,21,22). The lowest BCUT2D eigenvalue weighted by atomic mass is 10.1. The van der Waals surface area contributed by atoms with Crippen molar-refractivity contribution in [3.05, 3.63) is 35.4 Å². The van der Waals surface area contributed by atoms with Gasteiger partial charge in [-0.1, -0.05) is 19.1 Å². The van der Waals surface area contributed by atoms with Gasteiger partial charge in [0.2, 0.25) is 5.91 Å². The van der Waals surface area contributed by atoms with Crippen molar-refractivity contribution in [2.75, 3.05) is 6.54 Å². The van der Waals surface area contributed by atoms with Crippen molar-refractivity contribution in [1.82, 2.24) is 16.0 Å². The van der Waals surface area contributed by atoms with Crippen LogP contribution in [0.25, 0.3) is 0 Å². The van der Waals surface area contributed by atoms with Crippen molar-refractivity contribution < 1.29 is 9.59 Å². The maximum atomic E-state index is 12.0. The van der Waals surface area contributed by atoms with Crippen LogP contribution in [0.3, 0.4) is 0 Å². The van der Waals surface area contributed by atoms with Gasteiger partial charge in [0.1, 0.15) is 0 Å². The zero-order chi connectivity index (χ0) is 16.7. The largest absolute Gasteiger partial charge is 0.353 e. The Kier molecular flexibility index (Phi) is 6.59. The normalized spacial score (nSPS) is 18.5. The number of carbonyl (C=O) groups excluding carboxylic acids is 2. The summed E-state index contributed by atoms with van der Waals surface area (Å²) in [7, 11) is 0. The van der Waals surface area contributed by atoms with E-state index in [1.54, 1.807) is 0 Å². The predicted octanol–water partition coefficient (Wildman–Crippen LogP) is 1.97. The van der Waals surface area contributed by atoms with Crippen molar-refractivity contribution in [3.63, 3.8) is 0 Å². The molecule has 0 aromatic heterocycles. The SMILES string of the molecule is CCCNC(=O)c1cccc(CNC(C)CC2CCC(=O)N2)c1. The van der Waals surface area contributed by atoms with Crippen molar-refractivity contribution >= 4 is 11.8 Å². The molecule has 0 aliphatic carbocycles. The Morgan fingerprint density at radius 1 is 1.43 bits per heavy atom. The summed E-state index contributed by atoms with van der Waals surface area (Å²) in [6.45, 7) is 5.58. The second-order valence-corrected chi connectivity index (χ2v) is 6.28. The second kappa shape index (κ2) is 8.67. The molecule has 126 valence electrons. The zero-order valence-corrected chi connectivity index (χ0v) is 14.0. The van der Waals surface area contributed by atoms with E-state index in [2.05, 4.69) is 22.9 Å². The molecule has 1 aromatic rings. The Bertz CT molecular complexity index is 545. The Labute approximate surface area is 138 Å². The van der Waals surface area contributed by atoms with E-state index in [4.69, 9.17) is 0 Å². The van der Waals surface area contributed by atoms with Gasteiger partial charge in [-0.25, -0.2) is 0 Å². The van der Waals surface area contributed by atoms with Gasteiger partial charge in [-0.2, -0.15) is 0 Å². The lowest BCUT2D eigenvalue weighted by Crippen LogP contribution is -2.34. The first kappa shape index (κ1) is 17.5. The van der Waals surface area contributed by atoms with E-state index in [1.807, 2.05) is 31.2 Å². The number of benzene rings is 1. The summed E-state index contributed by atoms with van der Waals surface area (Å²) in [5, 5.41) is 9.36. The summed E-state index contributed by atoms with van der Waals surface area (Å²) in [6, 6.07) is 8.31. The Morgan fingerprint density at radius 2 is 2.26 bits per heavy atom. The van der Waals surface area contributed by atoms with Gasteiger partial charge in [0, 0.05) is 37.2 Å². The van der Waals surface area contributed by atoms with Gasteiger partial charge >= 0.3 is 0 Å². The molecular formula is C18H27N3O2. The van der Waals surface area contributed by atoms with Gasteiger partial charge in [-0.15, -0.1) is 0 Å². The molecule has 1 heterocycles.